The Balaban J connectivity index is 1.78. The summed E-state index contributed by atoms with van der Waals surface area (Å²) in [6, 6.07) is 5.36. The van der Waals surface area contributed by atoms with E-state index in [1.807, 2.05) is 0 Å². The summed E-state index contributed by atoms with van der Waals surface area (Å²) in [7, 11) is 0. The minimum absolute atomic E-state index is 0.149. The molecule has 1 aliphatic carbocycles. The van der Waals surface area contributed by atoms with Crippen molar-refractivity contribution < 1.29 is 13.5 Å². The van der Waals surface area contributed by atoms with Gasteiger partial charge in [0.05, 0.1) is 18.7 Å². The minimum atomic E-state index is -0.669. The molecule has 0 radical (unpaired) electrons. The predicted molar refractivity (Wildman–Crippen MR) is 62.0 cm³/mol. The van der Waals surface area contributed by atoms with Crippen LogP contribution >= 0.6 is 0 Å². The third-order valence-electron chi connectivity index (χ3n) is 2.68. The van der Waals surface area contributed by atoms with Crippen LogP contribution in [0.25, 0.3) is 0 Å². The van der Waals surface area contributed by atoms with Gasteiger partial charge in [-0.25, -0.2) is 8.78 Å². The van der Waals surface area contributed by atoms with Crippen LogP contribution in [-0.2, 0) is 0 Å². The molecular formula is C13H14F2N2O. The number of nitrogens with one attached hydrogen (secondary N) is 1. The van der Waals surface area contributed by atoms with E-state index in [0.717, 1.165) is 31.0 Å². The summed E-state index contributed by atoms with van der Waals surface area (Å²) < 4.78 is 31.0. The largest absolute Gasteiger partial charge is 0.493 e. The molecule has 1 aliphatic rings. The van der Waals surface area contributed by atoms with Gasteiger partial charge >= 0.3 is 0 Å². The van der Waals surface area contributed by atoms with Crippen molar-refractivity contribution in [1.29, 1.82) is 5.26 Å². The van der Waals surface area contributed by atoms with Crippen molar-refractivity contribution in [2.45, 2.75) is 31.3 Å². The molecule has 0 bridgehead atoms. The quantitative estimate of drug-likeness (QED) is 0.845. The van der Waals surface area contributed by atoms with Crippen molar-refractivity contribution in [3.05, 3.63) is 29.8 Å². The maximum Gasteiger partial charge on any atom is 0.129 e. The van der Waals surface area contributed by atoms with Crippen LogP contribution < -0.4 is 10.1 Å². The Morgan fingerprint density at radius 2 is 2.00 bits per heavy atom. The van der Waals surface area contributed by atoms with E-state index >= 15 is 0 Å². The second-order valence-electron chi connectivity index (χ2n) is 4.36. The summed E-state index contributed by atoms with van der Waals surface area (Å²) in [5.41, 5.74) is 0. The lowest BCUT2D eigenvalue weighted by Gasteiger charge is -2.11. The van der Waals surface area contributed by atoms with E-state index in [0.29, 0.717) is 12.5 Å². The first-order chi connectivity index (χ1) is 8.67. The van der Waals surface area contributed by atoms with Crippen LogP contribution in [0.5, 0.6) is 5.75 Å². The van der Waals surface area contributed by atoms with Gasteiger partial charge in [-0.15, -0.1) is 0 Å². The Morgan fingerprint density at radius 1 is 1.33 bits per heavy atom. The monoisotopic (exact) mass is 252 g/mol. The van der Waals surface area contributed by atoms with E-state index in [9.17, 15) is 8.78 Å². The van der Waals surface area contributed by atoms with Crippen LogP contribution in [-0.4, -0.2) is 18.7 Å². The Morgan fingerprint density at radius 3 is 2.56 bits per heavy atom. The van der Waals surface area contributed by atoms with Crippen LogP contribution in [0.15, 0.2) is 18.2 Å². The van der Waals surface area contributed by atoms with Gasteiger partial charge < -0.3 is 4.74 Å². The molecule has 1 atom stereocenters. The first kappa shape index (κ1) is 12.8. The van der Waals surface area contributed by atoms with Gasteiger partial charge in [0, 0.05) is 30.7 Å². The number of rotatable bonds is 6. The van der Waals surface area contributed by atoms with Crippen molar-refractivity contribution in [1.82, 2.24) is 5.32 Å². The fourth-order valence-electron chi connectivity index (χ4n) is 1.63. The zero-order valence-corrected chi connectivity index (χ0v) is 9.83. The van der Waals surface area contributed by atoms with Crippen LogP contribution in [0.3, 0.4) is 0 Å². The van der Waals surface area contributed by atoms with E-state index in [-0.39, 0.29) is 18.4 Å². The van der Waals surface area contributed by atoms with Gasteiger partial charge in [0.25, 0.3) is 0 Å². The van der Waals surface area contributed by atoms with Gasteiger partial charge in [-0.3, -0.25) is 5.32 Å². The Kier molecular flexibility index (Phi) is 4.11. The zero-order valence-electron chi connectivity index (χ0n) is 9.83. The third-order valence-corrected chi connectivity index (χ3v) is 2.68. The summed E-state index contributed by atoms with van der Waals surface area (Å²) in [4.78, 5) is 0. The highest BCUT2D eigenvalue weighted by atomic mass is 19.1. The number of nitriles is 1. The molecule has 0 amide bonds. The molecule has 1 N–H and O–H groups in total. The van der Waals surface area contributed by atoms with Crippen LogP contribution in [0.4, 0.5) is 8.78 Å². The van der Waals surface area contributed by atoms with E-state index in [1.165, 1.54) is 0 Å². The van der Waals surface area contributed by atoms with Crippen molar-refractivity contribution >= 4 is 0 Å². The number of ether oxygens (including phenoxy) is 1. The highest BCUT2D eigenvalue weighted by Gasteiger charge is 2.24. The molecule has 0 aromatic heterocycles. The van der Waals surface area contributed by atoms with Crippen LogP contribution in [0.2, 0.25) is 0 Å². The van der Waals surface area contributed by atoms with Crippen molar-refractivity contribution in [3.8, 4) is 11.8 Å². The fraction of sp³-hybridized carbons (Fsp3) is 0.462. The maximum atomic E-state index is 12.9. The minimum Gasteiger partial charge on any atom is -0.493 e. The highest BCUT2D eigenvalue weighted by Crippen LogP contribution is 2.20. The van der Waals surface area contributed by atoms with Crippen molar-refractivity contribution in [2.24, 2.45) is 0 Å². The van der Waals surface area contributed by atoms with Crippen molar-refractivity contribution in [2.75, 3.05) is 6.61 Å². The predicted octanol–water partition coefficient (Wildman–Crippen LogP) is 2.38. The number of hydrogen-bond acceptors (Lipinski definition) is 3. The topological polar surface area (TPSA) is 45.0 Å². The van der Waals surface area contributed by atoms with Gasteiger partial charge in [-0.1, -0.05) is 0 Å². The molecule has 1 unspecified atom stereocenters. The Hall–Kier alpha value is -1.67. The normalized spacial score (nSPS) is 16.1. The molecule has 0 saturated heterocycles. The van der Waals surface area contributed by atoms with Gasteiger partial charge in [0.15, 0.2) is 0 Å². The summed E-state index contributed by atoms with van der Waals surface area (Å²) >= 11 is 0. The third kappa shape index (κ3) is 3.97. The number of halogens is 2. The van der Waals surface area contributed by atoms with Gasteiger partial charge in [-0.2, -0.15) is 5.26 Å². The highest BCUT2D eigenvalue weighted by molar-refractivity contribution is 5.23. The molecule has 3 nitrogen and oxygen atoms in total. The Labute approximate surface area is 104 Å². The summed E-state index contributed by atoms with van der Waals surface area (Å²) in [6.07, 6.45) is 2.70. The van der Waals surface area contributed by atoms with Gasteiger partial charge in [0.2, 0.25) is 0 Å². The average molecular weight is 252 g/mol. The summed E-state index contributed by atoms with van der Waals surface area (Å²) in [6.45, 7) is 0.251. The van der Waals surface area contributed by atoms with Crippen LogP contribution in [0, 0.1) is 23.0 Å². The lowest BCUT2D eigenvalue weighted by Crippen LogP contribution is -2.31. The first-order valence-electron chi connectivity index (χ1n) is 5.92. The van der Waals surface area contributed by atoms with E-state index in [2.05, 4.69) is 11.4 Å². The zero-order chi connectivity index (χ0) is 13.0. The molecule has 5 heteroatoms. The fourth-order valence-corrected chi connectivity index (χ4v) is 1.63. The van der Waals surface area contributed by atoms with E-state index in [1.54, 1.807) is 0 Å². The second kappa shape index (κ2) is 5.78. The second-order valence-corrected chi connectivity index (χ2v) is 4.36. The molecule has 1 saturated carbocycles. The molecule has 1 fully saturated rings. The Bertz CT molecular complexity index is 435. The average Bonchev–Trinajstić information content (AvgIpc) is 3.10. The molecule has 1 aromatic rings. The molecule has 2 rings (SSSR count). The molecule has 0 heterocycles. The van der Waals surface area contributed by atoms with E-state index < -0.39 is 11.6 Å². The smallest absolute Gasteiger partial charge is 0.129 e. The molecule has 0 aliphatic heterocycles. The summed E-state index contributed by atoms with van der Waals surface area (Å²) in [5.74, 6) is -1.19. The number of hydrogen-bond donors (Lipinski definition) is 1. The number of nitrogens with zero attached hydrogens (tertiary/aromatic N) is 1. The standard InChI is InChI=1S/C13H14F2N2O/c14-9-5-10(15)7-13(6-9)18-4-3-12(8-16)17-11-1-2-11/h5-7,11-12,17H,1-4H2. The van der Waals surface area contributed by atoms with E-state index in [4.69, 9.17) is 10.00 Å². The lowest BCUT2D eigenvalue weighted by atomic mass is 10.2. The molecule has 0 spiro atoms. The summed E-state index contributed by atoms with van der Waals surface area (Å²) in [5, 5.41) is 12.1. The van der Waals surface area contributed by atoms with Gasteiger partial charge in [0.1, 0.15) is 17.4 Å². The van der Waals surface area contributed by atoms with Gasteiger partial charge in [-0.05, 0) is 12.8 Å². The molecule has 18 heavy (non-hydrogen) atoms. The maximum absolute atomic E-state index is 12.9. The van der Waals surface area contributed by atoms with Crippen LogP contribution in [0.1, 0.15) is 19.3 Å². The molecule has 96 valence electrons. The first-order valence-corrected chi connectivity index (χ1v) is 5.92. The number of benzene rings is 1. The molecular weight excluding hydrogens is 238 g/mol. The lowest BCUT2D eigenvalue weighted by molar-refractivity contribution is 0.294. The van der Waals surface area contributed by atoms with Crippen molar-refractivity contribution in [3.63, 3.8) is 0 Å². The SMILES string of the molecule is N#CC(CCOc1cc(F)cc(F)c1)NC1CC1. The molecule has 1 aromatic carbocycles.